The molecule has 0 spiro atoms. The van der Waals surface area contributed by atoms with E-state index in [1.807, 2.05) is 0 Å². The molecule has 2 heteroatoms. The zero-order valence-electron chi connectivity index (χ0n) is 10.2. The van der Waals surface area contributed by atoms with Crippen molar-refractivity contribution in [2.75, 3.05) is 6.54 Å². The molecule has 1 nitrogen and oxygen atoms in total. The lowest BCUT2D eigenvalue weighted by Gasteiger charge is -2.30. The van der Waals surface area contributed by atoms with Gasteiger partial charge >= 0.3 is 0 Å². The van der Waals surface area contributed by atoms with E-state index in [2.05, 4.69) is 45.5 Å². The molecule has 0 radical (unpaired) electrons. The van der Waals surface area contributed by atoms with Crippen molar-refractivity contribution >= 4 is 15.9 Å². The van der Waals surface area contributed by atoms with E-state index < -0.39 is 0 Å². The van der Waals surface area contributed by atoms with Gasteiger partial charge < -0.3 is 5.32 Å². The van der Waals surface area contributed by atoms with Crippen LogP contribution < -0.4 is 5.32 Å². The van der Waals surface area contributed by atoms with Gasteiger partial charge in [0.15, 0.2) is 0 Å². The van der Waals surface area contributed by atoms with Crippen LogP contribution in [0, 0.1) is 0 Å². The summed E-state index contributed by atoms with van der Waals surface area (Å²) in [5.41, 5.74) is 1.93. The van der Waals surface area contributed by atoms with Crippen LogP contribution in [0.25, 0.3) is 0 Å². The predicted molar refractivity (Wildman–Crippen MR) is 75.3 cm³/mol. The maximum Gasteiger partial charge on any atom is 0.0178 e. The van der Waals surface area contributed by atoms with Gasteiger partial charge in [-0.2, -0.15) is 0 Å². The molecule has 1 N–H and O–H groups in total. The first-order valence-corrected chi connectivity index (χ1v) is 7.57. The first kappa shape index (κ1) is 11.7. The largest absolute Gasteiger partial charge is 0.313 e. The van der Waals surface area contributed by atoms with Crippen LogP contribution >= 0.6 is 15.9 Å². The van der Waals surface area contributed by atoms with E-state index in [-0.39, 0.29) is 0 Å². The third-order valence-electron chi connectivity index (χ3n) is 4.30. The van der Waals surface area contributed by atoms with E-state index in [9.17, 15) is 0 Å². The van der Waals surface area contributed by atoms with Gasteiger partial charge in [-0.15, -0.1) is 0 Å². The van der Waals surface area contributed by atoms with Gasteiger partial charge in [0.2, 0.25) is 0 Å². The average Bonchev–Trinajstić information content (AvgIpc) is 3.04. The van der Waals surface area contributed by atoms with E-state index >= 15 is 0 Å². The normalized spacial score (nSPS) is 22.9. The average molecular weight is 294 g/mol. The van der Waals surface area contributed by atoms with Crippen LogP contribution in [0.2, 0.25) is 0 Å². The van der Waals surface area contributed by atoms with Crippen molar-refractivity contribution in [2.24, 2.45) is 0 Å². The van der Waals surface area contributed by atoms with Crippen molar-refractivity contribution in [1.29, 1.82) is 0 Å². The molecule has 1 aromatic rings. The van der Waals surface area contributed by atoms with Crippen LogP contribution in [-0.2, 0) is 5.41 Å². The Morgan fingerprint density at radius 1 is 1.24 bits per heavy atom. The van der Waals surface area contributed by atoms with Gasteiger partial charge in [-0.3, -0.25) is 0 Å². The monoisotopic (exact) mass is 293 g/mol. The quantitative estimate of drug-likeness (QED) is 0.884. The van der Waals surface area contributed by atoms with Gasteiger partial charge in [0.05, 0.1) is 0 Å². The highest BCUT2D eigenvalue weighted by Crippen LogP contribution is 2.41. The van der Waals surface area contributed by atoms with E-state index in [0.717, 1.165) is 6.04 Å². The van der Waals surface area contributed by atoms with E-state index in [4.69, 9.17) is 0 Å². The Morgan fingerprint density at radius 2 is 2.00 bits per heavy atom. The van der Waals surface area contributed by atoms with Gasteiger partial charge in [0.1, 0.15) is 0 Å². The van der Waals surface area contributed by atoms with Crippen LogP contribution in [0.3, 0.4) is 0 Å². The SMILES string of the molecule is Brc1cccc(C2(CNC3CC3)CCCC2)c1. The molecule has 0 amide bonds. The number of rotatable bonds is 4. The van der Waals surface area contributed by atoms with Gasteiger partial charge in [0, 0.05) is 22.5 Å². The molecular formula is C15H20BrN. The molecule has 0 saturated heterocycles. The number of hydrogen-bond acceptors (Lipinski definition) is 1. The van der Waals surface area contributed by atoms with Gasteiger partial charge in [-0.05, 0) is 43.4 Å². The predicted octanol–water partition coefficient (Wildman–Crippen LogP) is 4.01. The van der Waals surface area contributed by atoms with E-state index in [1.165, 1.54) is 55.1 Å². The molecule has 1 aromatic carbocycles. The van der Waals surface area contributed by atoms with Gasteiger partial charge in [0.25, 0.3) is 0 Å². The molecule has 0 aromatic heterocycles. The van der Waals surface area contributed by atoms with Crippen molar-refractivity contribution in [3.05, 3.63) is 34.3 Å². The second-order valence-corrected chi connectivity index (χ2v) is 6.57. The third kappa shape index (κ3) is 2.58. The highest BCUT2D eigenvalue weighted by molar-refractivity contribution is 9.10. The molecule has 2 aliphatic rings. The van der Waals surface area contributed by atoms with Gasteiger partial charge in [-0.25, -0.2) is 0 Å². The Morgan fingerprint density at radius 3 is 2.65 bits per heavy atom. The minimum absolute atomic E-state index is 0.409. The molecular weight excluding hydrogens is 274 g/mol. The summed E-state index contributed by atoms with van der Waals surface area (Å²) in [6, 6.07) is 9.75. The zero-order chi connectivity index (χ0) is 11.7. The molecule has 92 valence electrons. The van der Waals surface area contributed by atoms with Crippen LogP contribution in [0.5, 0.6) is 0 Å². The molecule has 0 atom stereocenters. The Hall–Kier alpha value is -0.340. The molecule has 2 saturated carbocycles. The molecule has 0 aliphatic heterocycles. The van der Waals surface area contributed by atoms with Crippen molar-refractivity contribution < 1.29 is 0 Å². The third-order valence-corrected chi connectivity index (χ3v) is 4.80. The Kier molecular flexibility index (Phi) is 3.27. The number of benzene rings is 1. The second-order valence-electron chi connectivity index (χ2n) is 5.65. The smallest absolute Gasteiger partial charge is 0.0178 e. The summed E-state index contributed by atoms with van der Waals surface area (Å²) in [6.07, 6.45) is 8.24. The Balaban J connectivity index is 1.81. The summed E-state index contributed by atoms with van der Waals surface area (Å²) in [7, 11) is 0. The lowest BCUT2D eigenvalue weighted by atomic mass is 9.79. The zero-order valence-corrected chi connectivity index (χ0v) is 11.8. The number of halogens is 1. The second kappa shape index (κ2) is 4.74. The molecule has 3 rings (SSSR count). The molecule has 0 heterocycles. The topological polar surface area (TPSA) is 12.0 Å². The minimum atomic E-state index is 0.409. The van der Waals surface area contributed by atoms with Crippen LogP contribution in [0.1, 0.15) is 44.1 Å². The first-order valence-electron chi connectivity index (χ1n) is 6.78. The fourth-order valence-corrected chi connectivity index (χ4v) is 3.46. The van der Waals surface area contributed by atoms with Crippen molar-refractivity contribution in [3.63, 3.8) is 0 Å². The lowest BCUT2D eigenvalue weighted by Crippen LogP contribution is -2.36. The highest BCUT2D eigenvalue weighted by atomic mass is 79.9. The van der Waals surface area contributed by atoms with Crippen LogP contribution in [-0.4, -0.2) is 12.6 Å². The summed E-state index contributed by atoms with van der Waals surface area (Å²) >= 11 is 3.61. The molecule has 2 aliphatic carbocycles. The van der Waals surface area contributed by atoms with Crippen molar-refractivity contribution in [3.8, 4) is 0 Å². The fourth-order valence-electron chi connectivity index (χ4n) is 3.06. The van der Waals surface area contributed by atoms with Crippen LogP contribution in [0.4, 0.5) is 0 Å². The number of hydrogen-bond donors (Lipinski definition) is 1. The summed E-state index contributed by atoms with van der Waals surface area (Å²) < 4.78 is 1.22. The maximum absolute atomic E-state index is 3.74. The first-order chi connectivity index (χ1) is 8.28. The van der Waals surface area contributed by atoms with Crippen molar-refractivity contribution in [2.45, 2.75) is 50.0 Å². The van der Waals surface area contributed by atoms with E-state index in [0.29, 0.717) is 5.41 Å². The summed E-state index contributed by atoms with van der Waals surface area (Å²) in [4.78, 5) is 0. The minimum Gasteiger partial charge on any atom is -0.313 e. The maximum atomic E-state index is 3.74. The molecule has 0 unspecified atom stereocenters. The number of nitrogens with one attached hydrogen (secondary N) is 1. The Labute approximate surface area is 112 Å². The summed E-state index contributed by atoms with van der Waals surface area (Å²) in [5, 5.41) is 3.74. The molecule has 17 heavy (non-hydrogen) atoms. The summed E-state index contributed by atoms with van der Waals surface area (Å²) in [5.74, 6) is 0. The molecule has 2 fully saturated rings. The van der Waals surface area contributed by atoms with Crippen LogP contribution in [0.15, 0.2) is 28.7 Å². The molecule has 0 bridgehead atoms. The standard InChI is InChI=1S/C15H20BrN/c16-13-5-3-4-12(10-13)15(8-1-2-9-15)11-17-14-6-7-14/h3-5,10,14,17H,1-2,6-9,11H2. The van der Waals surface area contributed by atoms with Gasteiger partial charge in [-0.1, -0.05) is 40.9 Å². The summed E-state index contributed by atoms with van der Waals surface area (Å²) in [6.45, 7) is 1.17. The lowest BCUT2D eigenvalue weighted by molar-refractivity contribution is 0.403. The van der Waals surface area contributed by atoms with Crippen molar-refractivity contribution in [1.82, 2.24) is 5.32 Å². The highest BCUT2D eigenvalue weighted by Gasteiger charge is 2.36. The van der Waals surface area contributed by atoms with E-state index in [1.54, 1.807) is 0 Å². The Bertz CT molecular complexity index is 392. The fraction of sp³-hybridized carbons (Fsp3) is 0.600.